The Morgan fingerprint density at radius 3 is 2.83 bits per heavy atom. The third kappa shape index (κ3) is 3.90. The average Bonchev–Trinajstić information content (AvgIpc) is 2.99. The maximum absolute atomic E-state index is 12.0. The first-order valence-corrected chi connectivity index (χ1v) is 7.91. The minimum atomic E-state index is -0.221. The topological polar surface area (TPSA) is 74.4 Å². The fourth-order valence-corrected chi connectivity index (χ4v) is 2.80. The molecule has 1 saturated heterocycles. The van der Waals surface area contributed by atoms with Crippen LogP contribution in [0.2, 0.25) is 0 Å². The largest absolute Gasteiger partial charge is 0.378 e. The number of H-pyrrole nitrogens is 1. The summed E-state index contributed by atoms with van der Waals surface area (Å²) in [6.45, 7) is 2.77. The van der Waals surface area contributed by atoms with Crippen molar-refractivity contribution in [3.8, 4) is 0 Å². The molecule has 6 heteroatoms. The smallest absolute Gasteiger partial charge is 0.232 e. The summed E-state index contributed by atoms with van der Waals surface area (Å²) in [5.74, 6) is -0.348. The molecule has 0 radical (unpaired) electrons. The third-order valence-corrected chi connectivity index (χ3v) is 4.07. The van der Waals surface area contributed by atoms with Crippen LogP contribution in [0, 0.1) is 0 Å². The molecule has 1 aliphatic rings. The predicted molar refractivity (Wildman–Crippen MR) is 87.0 cm³/mol. The highest BCUT2D eigenvalue weighted by atomic mass is 16.5. The van der Waals surface area contributed by atoms with E-state index in [1.165, 1.54) is 10.9 Å². The summed E-state index contributed by atoms with van der Waals surface area (Å²) in [6.07, 6.45) is 2.62. The Balaban J connectivity index is 1.45. The fourth-order valence-electron chi connectivity index (χ4n) is 2.80. The molecule has 2 amide bonds. The molecule has 3 rings (SSSR count). The number of benzene rings is 1. The molecule has 0 aliphatic carbocycles. The molecule has 2 aromatic rings. The van der Waals surface area contributed by atoms with Crippen molar-refractivity contribution in [2.45, 2.75) is 12.8 Å². The molecule has 2 heterocycles. The quantitative estimate of drug-likeness (QED) is 0.811. The lowest BCUT2D eigenvalue weighted by Crippen LogP contribution is -2.42. The lowest BCUT2D eigenvalue weighted by atomic mass is 10.1. The van der Waals surface area contributed by atoms with Crippen molar-refractivity contribution >= 4 is 22.7 Å². The molecule has 1 aromatic heterocycles. The van der Waals surface area contributed by atoms with Gasteiger partial charge < -0.3 is 19.9 Å². The van der Waals surface area contributed by atoms with Crippen molar-refractivity contribution < 1.29 is 14.3 Å². The summed E-state index contributed by atoms with van der Waals surface area (Å²) in [7, 11) is 0. The number of carbonyl (C=O) groups is 2. The number of fused-ring (bicyclic) bond motifs is 1. The van der Waals surface area contributed by atoms with Crippen LogP contribution in [0.4, 0.5) is 0 Å². The first-order valence-electron chi connectivity index (χ1n) is 7.91. The van der Waals surface area contributed by atoms with E-state index in [9.17, 15) is 9.59 Å². The molecule has 1 aliphatic heterocycles. The number of para-hydroxylation sites is 1. The van der Waals surface area contributed by atoms with Gasteiger partial charge in [-0.05, 0) is 18.1 Å². The fraction of sp³-hybridized carbons (Fsp3) is 0.412. The van der Waals surface area contributed by atoms with E-state index in [4.69, 9.17) is 4.74 Å². The molecule has 2 N–H and O–H groups in total. The summed E-state index contributed by atoms with van der Waals surface area (Å²) >= 11 is 0. The first kappa shape index (κ1) is 15.6. The van der Waals surface area contributed by atoms with Gasteiger partial charge in [-0.25, -0.2) is 0 Å². The van der Waals surface area contributed by atoms with Gasteiger partial charge in [-0.15, -0.1) is 0 Å². The minimum absolute atomic E-state index is 0.0894. The number of rotatable bonds is 5. The summed E-state index contributed by atoms with van der Waals surface area (Å²) in [4.78, 5) is 28.8. The number of nitrogens with zero attached hydrogens (tertiary/aromatic N) is 1. The first-order chi connectivity index (χ1) is 11.2. The standard InChI is InChI=1S/C17H21N3O3/c21-16(11-17(22)20-7-9-23-10-8-20)18-6-5-13-12-19-15-4-2-1-3-14(13)15/h1-4,12,19H,5-11H2,(H,18,21). The van der Waals surface area contributed by atoms with Crippen LogP contribution < -0.4 is 5.32 Å². The molecular formula is C17H21N3O3. The van der Waals surface area contributed by atoms with E-state index in [-0.39, 0.29) is 18.2 Å². The zero-order valence-corrected chi connectivity index (χ0v) is 13.0. The summed E-state index contributed by atoms with van der Waals surface area (Å²) in [5, 5.41) is 4.00. The molecule has 0 bridgehead atoms. The van der Waals surface area contributed by atoms with E-state index < -0.39 is 0 Å². The molecule has 0 unspecified atom stereocenters. The van der Waals surface area contributed by atoms with Gasteiger partial charge in [0.05, 0.1) is 13.2 Å². The molecule has 0 saturated carbocycles. The Morgan fingerprint density at radius 1 is 1.22 bits per heavy atom. The van der Waals surface area contributed by atoms with Gasteiger partial charge >= 0.3 is 0 Å². The second-order valence-electron chi connectivity index (χ2n) is 5.63. The number of aromatic nitrogens is 1. The third-order valence-electron chi connectivity index (χ3n) is 4.07. The van der Waals surface area contributed by atoms with Crippen LogP contribution in [0.1, 0.15) is 12.0 Å². The van der Waals surface area contributed by atoms with Gasteiger partial charge in [0.25, 0.3) is 0 Å². The van der Waals surface area contributed by atoms with Crippen molar-refractivity contribution in [2.24, 2.45) is 0 Å². The van der Waals surface area contributed by atoms with Gasteiger partial charge in [0.1, 0.15) is 6.42 Å². The average molecular weight is 315 g/mol. The van der Waals surface area contributed by atoms with Crippen LogP contribution in [0.5, 0.6) is 0 Å². The number of hydrogen-bond acceptors (Lipinski definition) is 3. The molecule has 122 valence electrons. The molecule has 23 heavy (non-hydrogen) atoms. The Kier molecular flexibility index (Phi) is 4.92. The maximum Gasteiger partial charge on any atom is 0.232 e. The number of ether oxygens (including phenoxy) is 1. The van der Waals surface area contributed by atoms with E-state index >= 15 is 0 Å². The van der Waals surface area contributed by atoms with Crippen LogP contribution in [-0.4, -0.2) is 54.5 Å². The highest BCUT2D eigenvalue weighted by Crippen LogP contribution is 2.17. The van der Waals surface area contributed by atoms with E-state index in [1.54, 1.807) is 4.90 Å². The van der Waals surface area contributed by atoms with E-state index in [0.717, 1.165) is 11.9 Å². The number of amides is 2. The highest BCUT2D eigenvalue weighted by molar-refractivity contribution is 5.96. The lowest BCUT2D eigenvalue weighted by Gasteiger charge is -2.26. The minimum Gasteiger partial charge on any atom is -0.378 e. The van der Waals surface area contributed by atoms with Crippen molar-refractivity contribution in [3.05, 3.63) is 36.0 Å². The molecule has 0 spiro atoms. The van der Waals surface area contributed by atoms with Gasteiger partial charge in [-0.3, -0.25) is 9.59 Å². The molecule has 6 nitrogen and oxygen atoms in total. The number of aromatic amines is 1. The van der Waals surface area contributed by atoms with Crippen LogP contribution in [0.15, 0.2) is 30.5 Å². The zero-order chi connectivity index (χ0) is 16.1. The molecule has 0 atom stereocenters. The SMILES string of the molecule is O=C(CC(=O)N1CCOCC1)NCCc1c[nH]c2ccccc12. The molecular weight excluding hydrogens is 294 g/mol. The normalized spacial score (nSPS) is 14.9. The number of nitrogens with one attached hydrogen (secondary N) is 2. The Morgan fingerprint density at radius 2 is 2.00 bits per heavy atom. The van der Waals surface area contributed by atoms with Crippen molar-refractivity contribution in [1.29, 1.82) is 0 Å². The predicted octanol–water partition coefficient (Wildman–Crippen LogP) is 1.08. The lowest BCUT2D eigenvalue weighted by molar-refractivity contribution is -0.139. The zero-order valence-electron chi connectivity index (χ0n) is 13.0. The van der Waals surface area contributed by atoms with E-state index in [1.807, 2.05) is 24.4 Å². The second-order valence-corrected chi connectivity index (χ2v) is 5.63. The van der Waals surface area contributed by atoms with Crippen LogP contribution in [-0.2, 0) is 20.7 Å². The van der Waals surface area contributed by atoms with Crippen molar-refractivity contribution in [3.63, 3.8) is 0 Å². The van der Waals surface area contributed by atoms with E-state index in [0.29, 0.717) is 32.8 Å². The number of carbonyl (C=O) groups excluding carboxylic acids is 2. The number of hydrogen-bond donors (Lipinski definition) is 2. The van der Waals surface area contributed by atoms with Crippen LogP contribution in [0.25, 0.3) is 10.9 Å². The van der Waals surface area contributed by atoms with Crippen molar-refractivity contribution in [1.82, 2.24) is 15.2 Å². The van der Waals surface area contributed by atoms with Gasteiger partial charge in [0, 0.05) is 36.7 Å². The Bertz CT molecular complexity index is 689. The second kappa shape index (κ2) is 7.28. The summed E-state index contributed by atoms with van der Waals surface area (Å²) < 4.78 is 5.20. The maximum atomic E-state index is 12.0. The van der Waals surface area contributed by atoms with E-state index in [2.05, 4.69) is 16.4 Å². The van der Waals surface area contributed by atoms with Crippen molar-refractivity contribution in [2.75, 3.05) is 32.8 Å². The Hall–Kier alpha value is -2.34. The highest BCUT2D eigenvalue weighted by Gasteiger charge is 2.19. The van der Waals surface area contributed by atoms with Gasteiger partial charge in [0.15, 0.2) is 0 Å². The summed E-state index contributed by atoms with van der Waals surface area (Å²) in [6, 6.07) is 8.07. The van der Waals surface area contributed by atoms with Gasteiger partial charge in [-0.1, -0.05) is 18.2 Å². The van der Waals surface area contributed by atoms with Crippen LogP contribution in [0.3, 0.4) is 0 Å². The number of morpholine rings is 1. The van der Waals surface area contributed by atoms with Crippen LogP contribution >= 0.6 is 0 Å². The van der Waals surface area contributed by atoms with Gasteiger partial charge in [-0.2, -0.15) is 0 Å². The monoisotopic (exact) mass is 315 g/mol. The summed E-state index contributed by atoms with van der Waals surface area (Å²) in [5.41, 5.74) is 2.26. The Labute approximate surface area is 134 Å². The van der Waals surface area contributed by atoms with Gasteiger partial charge in [0.2, 0.25) is 11.8 Å². The molecule has 1 aromatic carbocycles. The molecule has 1 fully saturated rings.